The number of anilines is 1. The van der Waals surface area contributed by atoms with Gasteiger partial charge in [0.2, 0.25) is 5.13 Å². The van der Waals surface area contributed by atoms with E-state index in [2.05, 4.69) is 10.1 Å². The number of esters is 1. The lowest BCUT2D eigenvalue weighted by molar-refractivity contribution is -0.149. The Morgan fingerprint density at radius 1 is 1.42 bits per heavy atom. The second kappa shape index (κ2) is 13.5. The van der Waals surface area contributed by atoms with Crippen LogP contribution in [0.1, 0.15) is 54.2 Å². The third-order valence-electron chi connectivity index (χ3n) is 4.96. The number of alkyl halides is 2. The van der Waals surface area contributed by atoms with Gasteiger partial charge in [-0.15, -0.1) is 0 Å². The highest BCUT2D eigenvalue weighted by atomic mass is 35.5. The number of thioether (sulfide) groups is 1. The summed E-state index contributed by atoms with van der Waals surface area (Å²) in [4.78, 5) is 40.3. The number of halogens is 2. The molecule has 1 saturated heterocycles. The fraction of sp³-hybridized carbons (Fsp3) is 0.727. The van der Waals surface area contributed by atoms with Gasteiger partial charge in [0.05, 0.1) is 25.4 Å². The Morgan fingerprint density at radius 2 is 2.08 bits per heavy atom. The van der Waals surface area contributed by atoms with Gasteiger partial charge in [-0.25, -0.2) is 14.3 Å². The third-order valence-corrected chi connectivity index (χ3v) is 9.21. The first-order valence-electron chi connectivity index (χ1n) is 11.9. The Bertz CT molecular complexity index is 1100. The van der Waals surface area contributed by atoms with Crippen LogP contribution in [0.5, 0.6) is 0 Å². The van der Waals surface area contributed by atoms with Crippen LogP contribution < -0.4 is 16.5 Å². The van der Waals surface area contributed by atoms with Crippen LogP contribution in [0.2, 0.25) is 0 Å². The van der Waals surface area contributed by atoms with Crippen LogP contribution in [0.25, 0.3) is 0 Å². The van der Waals surface area contributed by atoms with Gasteiger partial charge < -0.3 is 24.3 Å². The van der Waals surface area contributed by atoms with Crippen LogP contribution >= 0.6 is 30.0 Å². The van der Waals surface area contributed by atoms with Gasteiger partial charge in [0.15, 0.2) is 11.3 Å². The minimum absolute atomic E-state index is 0.0173. The van der Waals surface area contributed by atoms with Crippen molar-refractivity contribution in [2.75, 3.05) is 24.7 Å². The summed E-state index contributed by atoms with van der Waals surface area (Å²) >= 11 is 12.7. The molecule has 0 aromatic carbocycles. The van der Waals surface area contributed by atoms with E-state index in [-0.39, 0.29) is 36.7 Å². The largest absolute Gasteiger partial charge is 0.462 e. The van der Waals surface area contributed by atoms with Crippen molar-refractivity contribution in [1.82, 2.24) is 14.6 Å². The van der Waals surface area contributed by atoms with Crippen molar-refractivity contribution < 1.29 is 32.5 Å². The van der Waals surface area contributed by atoms with Crippen molar-refractivity contribution in [1.29, 1.82) is 0 Å². The summed E-state index contributed by atoms with van der Waals surface area (Å²) in [6.07, 6.45) is -1.82. The van der Waals surface area contributed by atoms with E-state index in [4.69, 9.17) is 47.7 Å². The molecule has 1 aliphatic rings. The Hall–Kier alpha value is -1.12. The first-order chi connectivity index (χ1) is 17.4. The number of aromatic nitrogens is 2. The molecule has 1 fully saturated rings. The molecule has 16 heteroatoms. The molecular weight excluding hydrogens is 582 g/mol. The van der Waals surface area contributed by atoms with Crippen molar-refractivity contribution >= 4 is 58.7 Å². The minimum Gasteiger partial charge on any atom is -0.462 e. The van der Waals surface area contributed by atoms with Gasteiger partial charge in [-0.2, -0.15) is 4.98 Å². The molecular formula is C22H35ClFN4O7PS2. The van der Waals surface area contributed by atoms with E-state index in [9.17, 15) is 14.4 Å². The van der Waals surface area contributed by atoms with Gasteiger partial charge in [0.25, 0.3) is 6.64 Å². The van der Waals surface area contributed by atoms with Crippen LogP contribution in [0, 0.1) is 5.41 Å². The summed E-state index contributed by atoms with van der Waals surface area (Å²) in [5.41, 5.74) is 4.15. The van der Waals surface area contributed by atoms with Crippen molar-refractivity contribution in [3.05, 3.63) is 22.7 Å². The highest BCUT2D eigenvalue weighted by Crippen LogP contribution is 2.48. The number of nitrogens with two attached hydrogens (primary N) is 1. The number of nitrogens with one attached hydrogen (secondary N) is 1. The molecule has 1 aliphatic heterocycles. The van der Waals surface area contributed by atoms with Crippen LogP contribution in [-0.4, -0.2) is 63.0 Å². The summed E-state index contributed by atoms with van der Waals surface area (Å²) in [5.74, 6) is -0.288. The first kappa shape index (κ1) is 33.1. The molecule has 1 aromatic heterocycles. The molecule has 216 valence electrons. The monoisotopic (exact) mass is 616 g/mol. The molecule has 0 aliphatic carbocycles. The lowest BCUT2D eigenvalue weighted by Gasteiger charge is -2.27. The quantitative estimate of drug-likeness (QED) is 0.153. The second-order valence-corrected chi connectivity index (χ2v) is 14.9. The highest BCUT2D eigenvalue weighted by Gasteiger charge is 2.50. The molecule has 1 aromatic rings. The predicted octanol–water partition coefficient (Wildman–Crippen LogP) is 3.51. The summed E-state index contributed by atoms with van der Waals surface area (Å²) in [6.45, 7) is 6.83. The molecule has 5 atom stereocenters. The van der Waals surface area contributed by atoms with E-state index < -0.39 is 47.2 Å². The summed E-state index contributed by atoms with van der Waals surface area (Å²) < 4.78 is 38.7. The number of rotatable bonds is 12. The lowest BCUT2D eigenvalue weighted by atomic mass is 10.00. The average molecular weight is 617 g/mol. The van der Waals surface area contributed by atoms with Crippen molar-refractivity contribution in [3.63, 3.8) is 0 Å². The van der Waals surface area contributed by atoms with Crippen LogP contribution in [0.3, 0.4) is 0 Å². The van der Waals surface area contributed by atoms with Crippen molar-refractivity contribution in [2.45, 2.75) is 77.6 Å². The Labute approximate surface area is 235 Å². The van der Waals surface area contributed by atoms with E-state index in [1.54, 1.807) is 20.8 Å². The number of hydrogen-bond acceptors (Lipinski definition) is 11. The Morgan fingerprint density at radius 3 is 2.66 bits per heavy atom. The number of ether oxygens (including phenoxy) is 2. The van der Waals surface area contributed by atoms with Gasteiger partial charge in [-0.3, -0.25) is 14.2 Å². The molecule has 5 unspecified atom stereocenters. The summed E-state index contributed by atoms with van der Waals surface area (Å²) in [7, 11) is 0. The molecule has 0 radical (unpaired) electrons. The molecule has 11 nitrogen and oxygen atoms in total. The molecule has 3 N–H and O–H groups in total. The van der Waals surface area contributed by atoms with Gasteiger partial charge in [0, 0.05) is 23.8 Å². The van der Waals surface area contributed by atoms with E-state index in [0.717, 1.165) is 16.3 Å². The van der Waals surface area contributed by atoms with E-state index in [1.165, 1.54) is 12.3 Å². The van der Waals surface area contributed by atoms with E-state index in [1.807, 2.05) is 20.8 Å². The molecule has 2 heterocycles. The average Bonchev–Trinajstić information content (AvgIpc) is 3.08. The minimum atomic E-state index is -3.36. The fourth-order valence-corrected chi connectivity index (χ4v) is 6.75. The van der Waals surface area contributed by atoms with Gasteiger partial charge in [0.1, 0.15) is 11.9 Å². The first-order valence-corrected chi connectivity index (χ1v) is 15.9. The van der Waals surface area contributed by atoms with Gasteiger partial charge in [-0.1, -0.05) is 44.1 Å². The zero-order valence-electron chi connectivity index (χ0n) is 22.1. The number of carbonyl (C=O) groups excluding carboxylic acids is 2. The lowest BCUT2D eigenvalue weighted by Crippen LogP contribution is -2.36. The normalized spacial score (nSPS) is 24.2. The molecule has 0 amide bonds. The maximum atomic E-state index is 15.2. The zero-order chi connectivity index (χ0) is 28.9. The predicted molar refractivity (Wildman–Crippen MR) is 148 cm³/mol. The number of nitrogen functional groups attached to an aromatic ring is 1. The number of hydrogen-bond donors (Lipinski definition) is 2. The Balaban J connectivity index is 2.10. The fourth-order valence-electron chi connectivity index (χ4n) is 3.13. The van der Waals surface area contributed by atoms with E-state index in [0.29, 0.717) is 5.75 Å². The number of carbonyl (C=O) groups is 2. The second-order valence-electron chi connectivity index (χ2n) is 9.97. The number of nitrogens with zero attached hydrogens (tertiary/aromatic N) is 2. The van der Waals surface area contributed by atoms with Crippen LogP contribution in [0.15, 0.2) is 17.1 Å². The third kappa shape index (κ3) is 9.81. The summed E-state index contributed by atoms with van der Waals surface area (Å²) in [6, 6.07) is 0.441. The topological polar surface area (TPSA) is 144 Å². The molecule has 0 spiro atoms. The van der Waals surface area contributed by atoms with Crippen LogP contribution in [0.4, 0.5) is 10.2 Å². The van der Waals surface area contributed by atoms with Crippen molar-refractivity contribution in [2.24, 2.45) is 5.41 Å². The van der Waals surface area contributed by atoms with Crippen molar-refractivity contribution in [3.8, 4) is 0 Å². The highest BCUT2D eigenvalue weighted by molar-refractivity contribution is 8.13. The zero-order valence-corrected chi connectivity index (χ0v) is 25.4. The van der Waals surface area contributed by atoms with Gasteiger partial charge in [-0.05, 0) is 38.6 Å². The maximum absolute atomic E-state index is 15.2. The molecule has 0 bridgehead atoms. The molecule has 0 saturated carbocycles. The summed E-state index contributed by atoms with van der Waals surface area (Å²) in [5, 5.41) is 0.414. The Kier molecular flexibility index (Phi) is 11.7. The maximum Gasteiger partial charge on any atom is 0.351 e. The smallest absolute Gasteiger partial charge is 0.351 e. The molecule has 2 rings (SSSR count). The van der Waals surface area contributed by atoms with Crippen LogP contribution in [-0.2, 0) is 39.9 Å². The standard InChI is InChI=1S/C22H35ClFN4O7PS2/c1-13(2)34-17(29)14(3)27-36(37,32-9-10-38-19(30)21(4,5)6)33-12-15-11-22(23,24)18(35-15)28-8-7-16(25)26-20(28)31/h7-8,13-15,18H,9-12H2,1-6H3,(H,27,37)(H2,25,26,31). The van der Waals surface area contributed by atoms with E-state index >= 15 is 4.39 Å². The SMILES string of the molecule is CC(C)OC(=O)C(C)NP(=S)(OCCSC(=O)C(C)(C)C)OCC1CC(F)(Cl)C(n2ccc(N)nc2=O)O1. The van der Waals surface area contributed by atoms with Gasteiger partial charge >= 0.3 is 11.7 Å². The molecule has 38 heavy (non-hydrogen) atoms.